The molecule has 2 aromatic rings. The molecule has 0 heterocycles. The topological polar surface area (TPSA) is 72.6 Å². The molecule has 0 aromatic heterocycles. The monoisotopic (exact) mass is 340 g/mol. The van der Waals surface area contributed by atoms with Crippen molar-refractivity contribution in [3.05, 3.63) is 71.8 Å². The summed E-state index contributed by atoms with van der Waals surface area (Å²) in [5.41, 5.74) is 2.29. The molecule has 2 N–H and O–H groups in total. The number of hydrogen-bond acceptors (Lipinski definition) is 4. The molecule has 1 amide bonds. The molecule has 0 fully saturated rings. The number of benzene rings is 2. The van der Waals surface area contributed by atoms with Gasteiger partial charge in [0, 0.05) is 0 Å². The van der Waals surface area contributed by atoms with Crippen molar-refractivity contribution in [1.29, 1.82) is 0 Å². The molecule has 132 valence electrons. The predicted molar refractivity (Wildman–Crippen MR) is 96.8 cm³/mol. The Hall–Kier alpha value is -2.66. The summed E-state index contributed by atoms with van der Waals surface area (Å²) in [5, 5.41) is 0.887. The molecule has 0 bridgehead atoms. The Morgan fingerprint density at radius 2 is 1.56 bits per heavy atom. The number of carbonyl (C=O) groups is 2. The molecule has 5 heteroatoms. The predicted octanol–water partition coefficient (Wildman–Crippen LogP) is 3.13. The van der Waals surface area contributed by atoms with Crippen LogP contribution in [0.1, 0.15) is 24.0 Å². The summed E-state index contributed by atoms with van der Waals surface area (Å²) < 4.78 is 5.16. The minimum absolute atomic E-state index is 0.270. The maximum absolute atomic E-state index is 12.0. The fourth-order valence-electron chi connectivity index (χ4n) is 2.52. The lowest BCUT2D eigenvalue weighted by Crippen LogP contribution is -2.47. The van der Waals surface area contributed by atoms with Crippen molar-refractivity contribution in [2.75, 3.05) is 6.61 Å². The number of aldehydes is 1. The first-order valence-electron chi connectivity index (χ1n) is 8.44. The van der Waals surface area contributed by atoms with Crippen LogP contribution in [0.5, 0.6) is 0 Å². The van der Waals surface area contributed by atoms with Crippen LogP contribution in [0.3, 0.4) is 0 Å². The zero-order chi connectivity index (χ0) is 17.9. The number of aryl methyl sites for hydroxylation is 2. The number of nitrogens with two attached hydrogens (primary N) is 1. The van der Waals surface area contributed by atoms with Gasteiger partial charge in [0.05, 0.1) is 6.61 Å². The molecular weight excluding hydrogens is 316 g/mol. The first-order chi connectivity index (χ1) is 12.2. The second-order valence-electron chi connectivity index (χ2n) is 5.84. The lowest BCUT2D eigenvalue weighted by molar-refractivity contribution is -0.112. The Labute approximate surface area is 148 Å². The van der Waals surface area contributed by atoms with Crippen molar-refractivity contribution in [3.8, 4) is 0 Å². The molecular formula is C20H24N2O3. The summed E-state index contributed by atoms with van der Waals surface area (Å²) in [6, 6.07) is 19.0. The van der Waals surface area contributed by atoms with E-state index in [4.69, 9.17) is 10.6 Å². The molecule has 5 nitrogen and oxygen atoms in total. The van der Waals surface area contributed by atoms with Crippen molar-refractivity contribution in [1.82, 2.24) is 5.01 Å². The van der Waals surface area contributed by atoms with Gasteiger partial charge >= 0.3 is 6.09 Å². The smallest absolute Gasteiger partial charge is 0.424 e. The lowest BCUT2D eigenvalue weighted by atomic mass is 10.1. The highest BCUT2D eigenvalue weighted by Crippen LogP contribution is 2.08. The van der Waals surface area contributed by atoms with E-state index in [1.54, 1.807) is 0 Å². The Balaban J connectivity index is 1.72. The molecule has 0 aliphatic heterocycles. The summed E-state index contributed by atoms with van der Waals surface area (Å²) in [4.78, 5) is 23.2. The third-order valence-corrected chi connectivity index (χ3v) is 3.97. The average molecular weight is 340 g/mol. The van der Waals surface area contributed by atoms with Crippen LogP contribution < -0.4 is 5.84 Å². The fraction of sp³-hybridized carbons (Fsp3) is 0.300. The number of carbonyl (C=O) groups excluding carboxylic acids is 2. The second kappa shape index (κ2) is 10.3. The van der Waals surface area contributed by atoms with E-state index >= 15 is 0 Å². The number of hydrogen-bond donors (Lipinski definition) is 1. The van der Waals surface area contributed by atoms with Crippen LogP contribution in [0.2, 0.25) is 0 Å². The van der Waals surface area contributed by atoms with Gasteiger partial charge in [0.15, 0.2) is 0 Å². The standard InChI is InChI=1S/C20H24N2O3/c21-22(19(16-23)14-13-18-10-5-2-6-11-18)20(24)25-15-7-12-17-8-3-1-4-9-17/h1-6,8-11,16,19H,7,12-15,21H2. The minimum atomic E-state index is -0.693. The molecule has 2 rings (SSSR count). The first kappa shape index (κ1) is 18.7. The van der Waals surface area contributed by atoms with E-state index in [-0.39, 0.29) is 6.61 Å². The Kier molecular flexibility index (Phi) is 7.66. The molecule has 0 saturated carbocycles. The van der Waals surface area contributed by atoms with Gasteiger partial charge in [-0.1, -0.05) is 60.7 Å². The fourth-order valence-corrected chi connectivity index (χ4v) is 2.52. The van der Waals surface area contributed by atoms with E-state index in [0.717, 1.165) is 17.0 Å². The van der Waals surface area contributed by atoms with Crippen molar-refractivity contribution in [3.63, 3.8) is 0 Å². The van der Waals surface area contributed by atoms with Gasteiger partial charge in [-0.05, 0) is 36.8 Å². The molecule has 25 heavy (non-hydrogen) atoms. The molecule has 0 spiro atoms. The Morgan fingerprint density at radius 1 is 1.00 bits per heavy atom. The maximum Gasteiger partial charge on any atom is 0.424 e. The van der Waals surface area contributed by atoms with Crippen LogP contribution in [0, 0.1) is 0 Å². The van der Waals surface area contributed by atoms with Crippen LogP contribution in [0.4, 0.5) is 4.79 Å². The first-order valence-corrected chi connectivity index (χ1v) is 8.44. The van der Waals surface area contributed by atoms with Crippen LogP contribution in [-0.4, -0.2) is 30.0 Å². The van der Waals surface area contributed by atoms with Crippen LogP contribution in [-0.2, 0) is 22.4 Å². The van der Waals surface area contributed by atoms with Gasteiger partial charge < -0.3 is 9.53 Å². The second-order valence-corrected chi connectivity index (χ2v) is 5.84. The van der Waals surface area contributed by atoms with Gasteiger partial charge in [0.2, 0.25) is 0 Å². The van der Waals surface area contributed by atoms with Gasteiger partial charge in [0.1, 0.15) is 12.3 Å². The number of amides is 1. The third-order valence-electron chi connectivity index (χ3n) is 3.97. The number of rotatable bonds is 9. The van der Waals surface area contributed by atoms with Gasteiger partial charge in [0.25, 0.3) is 0 Å². The largest absolute Gasteiger partial charge is 0.448 e. The summed E-state index contributed by atoms with van der Waals surface area (Å²) in [5.74, 6) is 5.76. The molecule has 0 radical (unpaired) electrons. The lowest BCUT2D eigenvalue weighted by Gasteiger charge is -2.22. The quantitative estimate of drug-likeness (QED) is 0.250. The summed E-state index contributed by atoms with van der Waals surface area (Å²) in [7, 11) is 0. The highest BCUT2D eigenvalue weighted by molar-refractivity contribution is 5.72. The Morgan fingerprint density at radius 3 is 2.12 bits per heavy atom. The van der Waals surface area contributed by atoms with Gasteiger partial charge in [-0.15, -0.1) is 0 Å². The molecule has 0 aliphatic carbocycles. The number of ether oxygens (including phenoxy) is 1. The summed E-state index contributed by atoms with van der Waals surface area (Å²) in [6.45, 7) is 0.270. The van der Waals surface area contributed by atoms with E-state index in [9.17, 15) is 9.59 Å². The van der Waals surface area contributed by atoms with E-state index < -0.39 is 12.1 Å². The minimum Gasteiger partial charge on any atom is -0.448 e. The third kappa shape index (κ3) is 6.39. The summed E-state index contributed by atoms with van der Waals surface area (Å²) in [6.07, 6.45) is 2.68. The van der Waals surface area contributed by atoms with Crippen molar-refractivity contribution >= 4 is 12.4 Å². The molecule has 0 aliphatic rings. The van der Waals surface area contributed by atoms with E-state index in [2.05, 4.69) is 0 Å². The molecule has 1 unspecified atom stereocenters. The Bertz CT molecular complexity index is 647. The SMILES string of the molecule is NN(C(=O)OCCCc1ccccc1)C(C=O)CCc1ccccc1. The number of nitrogens with zero attached hydrogens (tertiary/aromatic N) is 1. The highest BCUT2D eigenvalue weighted by atomic mass is 16.6. The van der Waals surface area contributed by atoms with Crippen LogP contribution in [0.25, 0.3) is 0 Å². The normalized spacial score (nSPS) is 11.6. The summed E-state index contributed by atoms with van der Waals surface area (Å²) >= 11 is 0. The van der Waals surface area contributed by atoms with Gasteiger partial charge in [-0.3, -0.25) is 0 Å². The average Bonchev–Trinajstić information content (AvgIpc) is 2.67. The molecule has 0 saturated heterocycles. The van der Waals surface area contributed by atoms with E-state index in [0.29, 0.717) is 25.5 Å². The molecule has 1 atom stereocenters. The highest BCUT2D eigenvalue weighted by Gasteiger charge is 2.21. The maximum atomic E-state index is 12.0. The van der Waals surface area contributed by atoms with E-state index in [1.807, 2.05) is 60.7 Å². The van der Waals surface area contributed by atoms with E-state index in [1.165, 1.54) is 5.56 Å². The van der Waals surface area contributed by atoms with Crippen LogP contribution in [0.15, 0.2) is 60.7 Å². The number of hydrazine groups is 1. The van der Waals surface area contributed by atoms with Crippen molar-refractivity contribution in [2.24, 2.45) is 5.84 Å². The van der Waals surface area contributed by atoms with Gasteiger partial charge in [-0.2, -0.15) is 0 Å². The molecule has 2 aromatic carbocycles. The van der Waals surface area contributed by atoms with Crippen LogP contribution >= 0.6 is 0 Å². The zero-order valence-electron chi connectivity index (χ0n) is 14.2. The zero-order valence-corrected chi connectivity index (χ0v) is 14.2. The van der Waals surface area contributed by atoms with Crippen molar-refractivity contribution in [2.45, 2.75) is 31.7 Å². The van der Waals surface area contributed by atoms with Crippen molar-refractivity contribution < 1.29 is 14.3 Å². The van der Waals surface area contributed by atoms with Gasteiger partial charge in [-0.25, -0.2) is 15.6 Å².